The van der Waals surface area contributed by atoms with E-state index >= 15 is 0 Å². The highest BCUT2D eigenvalue weighted by Gasteiger charge is 2.32. The zero-order chi connectivity index (χ0) is 21.4. The highest BCUT2D eigenvalue weighted by molar-refractivity contribution is 5.87. The van der Waals surface area contributed by atoms with Gasteiger partial charge in [0, 0.05) is 24.2 Å². The summed E-state index contributed by atoms with van der Waals surface area (Å²) >= 11 is 0. The predicted molar refractivity (Wildman–Crippen MR) is 116 cm³/mol. The van der Waals surface area contributed by atoms with Gasteiger partial charge in [-0.2, -0.15) is 0 Å². The number of nitrogens with zero attached hydrogens (tertiary/aromatic N) is 1. The number of ether oxygens (including phenoxy) is 1. The number of carbonyl (C=O) groups excluding carboxylic acids is 2. The number of anilines is 1. The third-order valence-corrected chi connectivity index (χ3v) is 5.14. The lowest BCUT2D eigenvalue weighted by atomic mass is 9.81. The molecule has 30 heavy (non-hydrogen) atoms. The molecule has 0 spiro atoms. The summed E-state index contributed by atoms with van der Waals surface area (Å²) in [5.74, 6) is 7.45. The van der Waals surface area contributed by atoms with Crippen molar-refractivity contribution < 1.29 is 14.3 Å². The van der Waals surface area contributed by atoms with Crippen LogP contribution in [0.3, 0.4) is 0 Å². The summed E-state index contributed by atoms with van der Waals surface area (Å²) in [6.07, 6.45) is 6.75. The maximum Gasteiger partial charge on any atom is 0.225 e. The number of hydrogen-bond donors (Lipinski definition) is 2. The molecule has 1 aromatic carbocycles. The molecular formula is C24H27N3O3. The van der Waals surface area contributed by atoms with E-state index in [0.717, 1.165) is 43.2 Å². The number of aromatic nitrogens is 1. The van der Waals surface area contributed by atoms with E-state index in [2.05, 4.69) is 27.5 Å². The maximum absolute atomic E-state index is 12.8. The van der Waals surface area contributed by atoms with E-state index in [9.17, 15) is 9.59 Å². The molecule has 0 saturated heterocycles. The first-order chi connectivity index (χ1) is 14.5. The van der Waals surface area contributed by atoms with Gasteiger partial charge in [-0.3, -0.25) is 9.59 Å². The third-order valence-electron chi connectivity index (χ3n) is 5.14. The molecule has 1 heterocycles. The Bertz CT molecular complexity index is 952. The van der Waals surface area contributed by atoms with E-state index < -0.39 is 5.54 Å². The van der Waals surface area contributed by atoms with Crippen LogP contribution in [0.2, 0.25) is 0 Å². The highest BCUT2D eigenvalue weighted by Crippen LogP contribution is 2.28. The van der Waals surface area contributed by atoms with E-state index in [4.69, 9.17) is 4.74 Å². The second-order valence-corrected chi connectivity index (χ2v) is 7.54. The SMILES string of the molecule is COc1ccccc1CC(=O)NC1(C#Cc2ccc(NC(C)=O)nc2)CCCCC1. The van der Waals surface area contributed by atoms with Crippen LogP contribution in [0.25, 0.3) is 0 Å². The Morgan fingerprint density at radius 3 is 2.57 bits per heavy atom. The van der Waals surface area contributed by atoms with Gasteiger partial charge in [-0.1, -0.05) is 49.3 Å². The average Bonchev–Trinajstić information content (AvgIpc) is 2.74. The monoisotopic (exact) mass is 405 g/mol. The number of para-hydroxylation sites is 1. The van der Waals surface area contributed by atoms with Crippen LogP contribution < -0.4 is 15.4 Å². The minimum atomic E-state index is -0.534. The fraction of sp³-hybridized carbons (Fsp3) is 0.375. The molecule has 0 aliphatic heterocycles. The van der Waals surface area contributed by atoms with Crippen molar-refractivity contribution >= 4 is 17.6 Å². The standard InChI is InChI=1S/C24H27N3O3/c1-18(28)26-22-11-10-19(17-25-22)12-15-24(13-6-3-7-14-24)27-23(29)16-20-8-4-5-9-21(20)30-2/h4-5,8-11,17H,3,6-7,13-14,16H2,1-2H3,(H,27,29)(H,25,26,28). The first-order valence-corrected chi connectivity index (χ1v) is 10.2. The zero-order valence-corrected chi connectivity index (χ0v) is 17.5. The van der Waals surface area contributed by atoms with Gasteiger partial charge in [0.1, 0.15) is 17.1 Å². The zero-order valence-electron chi connectivity index (χ0n) is 17.5. The summed E-state index contributed by atoms with van der Waals surface area (Å²) < 4.78 is 5.36. The number of benzene rings is 1. The first-order valence-electron chi connectivity index (χ1n) is 10.2. The van der Waals surface area contributed by atoms with Gasteiger partial charge >= 0.3 is 0 Å². The second kappa shape index (κ2) is 9.93. The topological polar surface area (TPSA) is 80.3 Å². The van der Waals surface area contributed by atoms with E-state index in [-0.39, 0.29) is 18.2 Å². The molecule has 1 fully saturated rings. The highest BCUT2D eigenvalue weighted by atomic mass is 16.5. The fourth-order valence-electron chi connectivity index (χ4n) is 3.68. The van der Waals surface area contributed by atoms with Gasteiger partial charge in [0.05, 0.1) is 13.5 Å². The smallest absolute Gasteiger partial charge is 0.225 e. The molecule has 156 valence electrons. The van der Waals surface area contributed by atoms with Crippen molar-refractivity contribution in [3.05, 3.63) is 53.7 Å². The molecule has 0 radical (unpaired) electrons. The minimum Gasteiger partial charge on any atom is -0.496 e. The van der Waals surface area contributed by atoms with E-state index in [1.165, 1.54) is 6.92 Å². The number of pyridine rings is 1. The average molecular weight is 405 g/mol. The Balaban J connectivity index is 1.74. The number of amides is 2. The van der Waals surface area contributed by atoms with Gasteiger partial charge in [-0.25, -0.2) is 4.98 Å². The molecule has 0 atom stereocenters. The minimum absolute atomic E-state index is 0.0603. The molecule has 0 unspecified atom stereocenters. The van der Waals surface area contributed by atoms with E-state index in [0.29, 0.717) is 11.6 Å². The number of rotatable bonds is 5. The molecular weight excluding hydrogens is 378 g/mol. The predicted octanol–water partition coefficient (Wildman–Crippen LogP) is 3.46. The quantitative estimate of drug-likeness (QED) is 0.747. The summed E-state index contributed by atoms with van der Waals surface area (Å²) in [4.78, 5) is 28.2. The Morgan fingerprint density at radius 1 is 1.13 bits per heavy atom. The van der Waals surface area contributed by atoms with E-state index in [1.54, 1.807) is 19.4 Å². The molecule has 2 amide bonds. The van der Waals surface area contributed by atoms with Crippen LogP contribution in [0, 0.1) is 11.8 Å². The van der Waals surface area contributed by atoms with E-state index in [1.807, 2.05) is 30.3 Å². The van der Waals surface area contributed by atoms with Crippen molar-refractivity contribution in [2.24, 2.45) is 0 Å². The second-order valence-electron chi connectivity index (χ2n) is 7.54. The Kier molecular flexibility index (Phi) is 7.08. The number of hydrogen-bond acceptors (Lipinski definition) is 4. The molecule has 2 N–H and O–H groups in total. The van der Waals surface area contributed by atoms with Crippen LogP contribution in [0.4, 0.5) is 5.82 Å². The Hall–Kier alpha value is -3.33. The Labute approximate surface area is 177 Å². The molecule has 0 bridgehead atoms. The first kappa shape index (κ1) is 21.4. The molecule has 1 aliphatic carbocycles. The van der Waals surface area contributed by atoms with Crippen LogP contribution in [-0.2, 0) is 16.0 Å². The third kappa shape index (κ3) is 5.84. The van der Waals surface area contributed by atoms with Crippen LogP contribution in [-0.4, -0.2) is 29.4 Å². The van der Waals surface area contributed by atoms with Crippen molar-refractivity contribution in [2.45, 2.75) is 51.0 Å². The van der Waals surface area contributed by atoms with Crippen LogP contribution in [0.15, 0.2) is 42.6 Å². The largest absolute Gasteiger partial charge is 0.496 e. The number of nitrogens with one attached hydrogen (secondary N) is 2. The van der Waals surface area contributed by atoms with Gasteiger partial charge in [0.2, 0.25) is 11.8 Å². The summed E-state index contributed by atoms with van der Waals surface area (Å²) in [7, 11) is 1.61. The number of methoxy groups -OCH3 is 1. The molecule has 1 aromatic heterocycles. The van der Waals surface area contributed by atoms with Gasteiger partial charge in [-0.15, -0.1) is 0 Å². The van der Waals surface area contributed by atoms with Gasteiger partial charge in [0.25, 0.3) is 0 Å². The van der Waals surface area contributed by atoms with Crippen molar-refractivity contribution in [1.29, 1.82) is 0 Å². The maximum atomic E-state index is 12.8. The normalized spacial score (nSPS) is 14.7. The summed E-state index contributed by atoms with van der Waals surface area (Å²) in [6.45, 7) is 1.44. The summed E-state index contributed by atoms with van der Waals surface area (Å²) in [5.41, 5.74) is 1.07. The summed E-state index contributed by atoms with van der Waals surface area (Å²) in [5, 5.41) is 5.83. The number of carbonyl (C=O) groups is 2. The summed E-state index contributed by atoms with van der Waals surface area (Å²) in [6, 6.07) is 11.1. The lowest BCUT2D eigenvalue weighted by Gasteiger charge is -2.33. The van der Waals surface area contributed by atoms with Crippen LogP contribution in [0.5, 0.6) is 5.75 Å². The fourth-order valence-corrected chi connectivity index (χ4v) is 3.68. The van der Waals surface area contributed by atoms with Crippen molar-refractivity contribution in [1.82, 2.24) is 10.3 Å². The molecule has 3 rings (SSSR count). The molecule has 2 aromatic rings. The lowest BCUT2D eigenvalue weighted by molar-refractivity contribution is -0.122. The molecule has 6 heteroatoms. The van der Waals surface area contributed by atoms with Crippen molar-refractivity contribution in [2.75, 3.05) is 12.4 Å². The van der Waals surface area contributed by atoms with Crippen LogP contribution in [0.1, 0.15) is 50.2 Å². The lowest BCUT2D eigenvalue weighted by Crippen LogP contribution is -2.49. The van der Waals surface area contributed by atoms with Crippen molar-refractivity contribution in [3.63, 3.8) is 0 Å². The molecule has 6 nitrogen and oxygen atoms in total. The Morgan fingerprint density at radius 2 is 1.90 bits per heavy atom. The van der Waals surface area contributed by atoms with Crippen molar-refractivity contribution in [3.8, 4) is 17.6 Å². The van der Waals surface area contributed by atoms with Gasteiger partial charge in [-0.05, 0) is 31.0 Å². The van der Waals surface area contributed by atoms with Gasteiger partial charge in [0.15, 0.2) is 0 Å². The van der Waals surface area contributed by atoms with Crippen LogP contribution >= 0.6 is 0 Å². The van der Waals surface area contributed by atoms with Gasteiger partial charge < -0.3 is 15.4 Å². The molecule has 1 aliphatic rings. The molecule has 1 saturated carbocycles.